The molecule has 0 bridgehead atoms. The van der Waals surface area contributed by atoms with Gasteiger partial charge in [-0.3, -0.25) is 0 Å². The van der Waals surface area contributed by atoms with Crippen molar-refractivity contribution in [1.29, 1.82) is 0 Å². The van der Waals surface area contributed by atoms with E-state index in [1.54, 1.807) is 13.1 Å². The number of halogens is 2. The molecule has 0 unspecified atom stereocenters. The van der Waals surface area contributed by atoms with E-state index in [1.807, 2.05) is 13.8 Å². The minimum absolute atomic E-state index is 0.172. The molecule has 4 nitrogen and oxygen atoms in total. The molecule has 0 spiro atoms. The Morgan fingerprint density at radius 1 is 1.25 bits per heavy atom. The van der Waals surface area contributed by atoms with E-state index in [0.717, 1.165) is 5.56 Å². The van der Waals surface area contributed by atoms with Crippen molar-refractivity contribution in [3.05, 3.63) is 40.4 Å². The SMILES string of the molecule is CNc1ncnc(Oc2cc(F)cc(Br)c2)c1C(C)C. The molecule has 0 saturated heterocycles. The maximum Gasteiger partial charge on any atom is 0.227 e. The third kappa shape index (κ3) is 3.25. The number of hydrogen-bond acceptors (Lipinski definition) is 4. The largest absolute Gasteiger partial charge is 0.438 e. The van der Waals surface area contributed by atoms with E-state index in [-0.39, 0.29) is 11.7 Å². The van der Waals surface area contributed by atoms with Gasteiger partial charge in [0.05, 0.1) is 5.56 Å². The molecule has 0 atom stereocenters. The summed E-state index contributed by atoms with van der Waals surface area (Å²) >= 11 is 3.24. The van der Waals surface area contributed by atoms with Gasteiger partial charge in [-0.2, -0.15) is 0 Å². The molecule has 106 valence electrons. The van der Waals surface area contributed by atoms with Gasteiger partial charge < -0.3 is 10.1 Å². The van der Waals surface area contributed by atoms with Gasteiger partial charge in [0.2, 0.25) is 5.88 Å². The monoisotopic (exact) mass is 339 g/mol. The summed E-state index contributed by atoms with van der Waals surface area (Å²) in [6.07, 6.45) is 1.42. The van der Waals surface area contributed by atoms with E-state index in [1.165, 1.54) is 18.5 Å². The van der Waals surface area contributed by atoms with E-state index in [0.29, 0.717) is 21.9 Å². The number of hydrogen-bond donors (Lipinski definition) is 1. The van der Waals surface area contributed by atoms with Crippen LogP contribution < -0.4 is 10.1 Å². The van der Waals surface area contributed by atoms with Crippen LogP contribution in [0, 0.1) is 5.82 Å². The second-order valence-corrected chi connectivity index (χ2v) is 5.47. The number of benzene rings is 1. The van der Waals surface area contributed by atoms with Gasteiger partial charge in [-0.1, -0.05) is 29.8 Å². The highest BCUT2D eigenvalue weighted by molar-refractivity contribution is 9.10. The summed E-state index contributed by atoms with van der Waals surface area (Å²) in [6, 6.07) is 4.37. The van der Waals surface area contributed by atoms with E-state index in [2.05, 4.69) is 31.2 Å². The first-order chi connectivity index (χ1) is 9.51. The molecule has 20 heavy (non-hydrogen) atoms. The summed E-state index contributed by atoms with van der Waals surface area (Å²) in [5.41, 5.74) is 0.857. The Hall–Kier alpha value is -1.69. The van der Waals surface area contributed by atoms with E-state index < -0.39 is 0 Å². The van der Waals surface area contributed by atoms with Crippen molar-refractivity contribution in [2.24, 2.45) is 0 Å². The molecule has 0 fully saturated rings. The van der Waals surface area contributed by atoms with Crippen LogP contribution in [0.4, 0.5) is 10.2 Å². The quantitative estimate of drug-likeness (QED) is 0.900. The number of rotatable bonds is 4. The third-order valence-electron chi connectivity index (χ3n) is 2.71. The number of nitrogens with zero attached hydrogens (tertiary/aromatic N) is 2. The van der Waals surface area contributed by atoms with Crippen molar-refractivity contribution in [3.63, 3.8) is 0 Å². The average molecular weight is 340 g/mol. The van der Waals surface area contributed by atoms with Crippen molar-refractivity contribution in [1.82, 2.24) is 9.97 Å². The molecule has 0 aliphatic carbocycles. The summed E-state index contributed by atoms with van der Waals surface area (Å²) in [7, 11) is 1.79. The first-order valence-electron chi connectivity index (χ1n) is 6.18. The highest BCUT2D eigenvalue weighted by Gasteiger charge is 2.16. The van der Waals surface area contributed by atoms with Gasteiger partial charge in [-0.05, 0) is 18.1 Å². The van der Waals surface area contributed by atoms with Gasteiger partial charge in [0.1, 0.15) is 23.7 Å². The Morgan fingerprint density at radius 3 is 2.60 bits per heavy atom. The highest BCUT2D eigenvalue weighted by atomic mass is 79.9. The normalized spacial score (nSPS) is 10.7. The molecule has 1 N–H and O–H groups in total. The molecular formula is C14H15BrFN3O. The van der Waals surface area contributed by atoms with Crippen LogP contribution >= 0.6 is 15.9 Å². The lowest BCUT2D eigenvalue weighted by atomic mass is 10.1. The molecule has 1 aromatic carbocycles. The highest BCUT2D eigenvalue weighted by Crippen LogP contribution is 2.33. The standard InChI is InChI=1S/C14H15BrFN3O/c1-8(2)12-13(17-3)18-7-19-14(12)20-11-5-9(15)4-10(16)6-11/h4-8H,1-3H3,(H,17,18,19). The molecule has 0 amide bonds. The molecule has 2 rings (SSSR count). The third-order valence-corrected chi connectivity index (χ3v) is 3.17. The predicted octanol–water partition coefficient (Wildman–Crippen LogP) is 4.34. The Balaban J connectivity index is 2.42. The van der Waals surface area contributed by atoms with Crippen LogP contribution in [-0.4, -0.2) is 17.0 Å². The lowest BCUT2D eigenvalue weighted by molar-refractivity contribution is 0.447. The molecule has 0 radical (unpaired) electrons. The van der Waals surface area contributed by atoms with Crippen molar-refractivity contribution in [2.45, 2.75) is 19.8 Å². The van der Waals surface area contributed by atoms with Crippen LogP contribution in [0.2, 0.25) is 0 Å². The van der Waals surface area contributed by atoms with Crippen molar-refractivity contribution < 1.29 is 9.13 Å². The van der Waals surface area contributed by atoms with Gasteiger partial charge in [0, 0.05) is 17.6 Å². The van der Waals surface area contributed by atoms with Gasteiger partial charge in [0.25, 0.3) is 0 Å². The van der Waals surface area contributed by atoms with Crippen LogP contribution in [-0.2, 0) is 0 Å². The van der Waals surface area contributed by atoms with Crippen LogP contribution in [0.1, 0.15) is 25.3 Å². The zero-order chi connectivity index (χ0) is 14.7. The summed E-state index contributed by atoms with van der Waals surface area (Å²) in [5.74, 6) is 1.32. The lowest BCUT2D eigenvalue weighted by Gasteiger charge is -2.15. The fraction of sp³-hybridized carbons (Fsp3) is 0.286. The molecule has 2 aromatic rings. The van der Waals surface area contributed by atoms with Crippen LogP contribution in [0.15, 0.2) is 29.0 Å². The topological polar surface area (TPSA) is 47.0 Å². The maximum atomic E-state index is 13.4. The van der Waals surface area contributed by atoms with Crippen molar-refractivity contribution >= 4 is 21.7 Å². The zero-order valence-electron chi connectivity index (χ0n) is 11.4. The van der Waals surface area contributed by atoms with Crippen LogP contribution in [0.25, 0.3) is 0 Å². The fourth-order valence-corrected chi connectivity index (χ4v) is 2.32. The summed E-state index contributed by atoms with van der Waals surface area (Å²) in [4.78, 5) is 8.32. The van der Waals surface area contributed by atoms with Crippen LogP contribution in [0.3, 0.4) is 0 Å². The number of anilines is 1. The summed E-state index contributed by atoms with van der Waals surface area (Å²) in [6.45, 7) is 4.04. The average Bonchev–Trinajstić information content (AvgIpc) is 2.36. The molecule has 1 aromatic heterocycles. The Morgan fingerprint density at radius 2 is 2.00 bits per heavy atom. The summed E-state index contributed by atoms with van der Waals surface area (Å²) in [5, 5.41) is 3.01. The smallest absolute Gasteiger partial charge is 0.227 e. The van der Waals surface area contributed by atoms with E-state index >= 15 is 0 Å². The first kappa shape index (κ1) is 14.7. The van der Waals surface area contributed by atoms with E-state index in [9.17, 15) is 4.39 Å². The predicted molar refractivity (Wildman–Crippen MR) is 79.8 cm³/mol. The molecule has 0 aliphatic heterocycles. The molecule has 1 heterocycles. The molecule has 0 saturated carbocycles. The van der Waals surface area contributed by atoms with Gasteiger partial charge in [0.15, 0.2) is 0 Å². The molecular weight excluding hydrogens is 325 g/mol. The second-order valence-electron chi connectivity index (χ2n) is 4.55. The van der Waals surface area contributed by atoms with Gasteiger partial charge in [-0.15, -0.1) is 0 Å². The Labute approximate surface area is 125 Å². The zero-order valence-corrected chi connectivity index (χ0v) is 13.0. The van der Waals surface area contributed by atoms with Gasteiger partial charge in [-0.25, -0.2) is 14.4 Å². The molecule has 6 heteroatoms. The first-order valence-corrected chi connectivity index (χ1v) is 6.97. The van der Waals surface area contributed by atoms with Crippen molar-refractivity contribution in [2.75, 3.05) is 12.4 Å². The minimum atomic E-state index is -0.372. The number of aromatic nitrogens is 2. The Bertz CT molecular complexity index is 599. The lowest BCUT2D eigenvalue weighted by Crippen LogP contribution is -2.04. The van der Waals surface area contributed by atoms with Crippen molar-refractivity contribution in [3.8, 4) is 11.6 Å². The number of nitrogens with one attached hydrogen (secondary N) is 1. The summed E-state index contributed by atoms with van der Waals surface area (Å²) < 4.78 is 19.7. The number of ether oxygens (including phenoxy) is 1. The Kier molecular flexibility index (Phi) is 4.54. The van der Waals surface area contributed by atoms with Crippen LogP contribution in [0.5, 0.6) is 11.6 Å². The maximum absolute atomic E-state index is 13.4. The van der Waals surface area contributed by atoms with E-state index in [4.69, 9.17) is 4.74 Å². The minimum Gasteiger partial charge on any atom is -0.438 e. The second kappa shape index (κ2) is 6.17. The van der Waals surface area contributed by atoms with Gasteiger partial charge >= 0.3 is 0 Å². The fourth-order valence-electron chi connectivity index (χ4n) is 1.88. The molecule has 0 aliphatic rings.